The molecular formula is C33H27NP2. The van der Waals surface area contributed by atoms with E-state index in [0.717, 1.165) is 0 Å². The van der Waals surface area contributed by atoms with E-state index in [-0.39, 0.29) is 0 Å². The summed E-state index contributed by atoms with van der Waals surface area (Å²) in [6.45, 7) is 4.66. The summed E-state index contributed by atoms with van der Waals surface area (Å²) in [6, 6.07) is 45.5. The van der Waals surface area contributed by atoms with Gasteiger partial charge in [-0.3, -0.25) is 0 Å². The van der Waals surface area contributed by atoms with Gasteiger partial charge >= 0.3 is 0 Å². The van der Waals surface area contributed by atoms with Crippen molar-refractivity contribution >= 4 is 64.7 Å². The van der Waals surface area contributed by atoms with Crippen LogP contribution in [0, 0.1) is 0 Å². The molecule has 174 valence electrons. The number of benzene rings is 5. The first-order chi connectivity index (χ1) is 17.7. The molecule has 3 heteroatoms. The van der Waals surface area contributed by atoms with E-state index in [1.54, 1.807) is 0 Å². The van der Waals surface area contributed by atoms with Gasteiger partial charge in [0.25, 0.3) is 0 Å². The molecule has 0 saturated heterocycles. The molecular weight excluding hydrogens is 472 g/mol. The van der Waals surface area contributed by atoms with Crippen molar-refractivity contribution < 1.29 is 0 Å². The molecule has 0 N–H and O–H groups in total. The molecule has 0 radical (unpaired) electrons. The van der Waals surface area contributed by atoms with Crippen LogP contribution in [0.25, 0.3) is 0 Å². The van der Waals surface area contributed by atoms with E-state index < -0.39 is 15.8 Å². The van der Waals surface area contributed by atoms with Crippen LogP contribution in [0.1, 0.15) is 25.3 Å². The maximum Gasteiger partial charge on any atom is 0.0629 e. The third-order valence-electron chi connectivity index (χ3n) is 7.22. The third kappa shape index (κ3) is 3.31. The summed E-state index contributed by atoms with van der Waals surface area (Å²) in [5.74, 6) is 0.467. The molecule has 0 aromatic heterocycles. The summed E-state index contributed by atoms with van der Waals surface area (Å²) in [5, 5.41) is 8.72. The Morgan fingerprint density at radius 2 is 0.917 bits per heavy atom. The zero-order chi connectivity index (χ0) is 24.2. The van der Waals surface area contributed by atoms with Gasteiger partial charge in [-0.05, 0) is 62.2 Å². The summed E-state index contributed by atoms with van der Waals surface area (Å²) in [4.78, 5) is 2.57. The van der Waals surface area contributed by atoms with Crippen LogP contribution in [0.15, 0.2) is 121 Å². The van der Waals surface area contributed by atoms with Gasteiger partial charge < -0.3 is 4.90 Å². The lowest BCUT2D eigenvalue weighted by molar-refractivity contribution is 0.869. The lowest BCUT2D eigenvalue weighted by Crippen LogP contribution is -2.43. The average molecular weight is 500 g/mol. The Hall–Kier alpha value is -3.24. The third-order valence-corrected chi connectivity index (χ3v) is 12.2. The quantitative estimate of drug-likeness (QED) is 0.254. The Morgan fingerprint density at radius 3 is 1.36 bits per heavy atom. The monoisotopic (exact) mass is 499 g/mol. The lowest BCUT2D eigenvalue weighted by atomic mass is 10.0. The highest BCUT2D eigenvalue weighted by atomic mass is 31.1. The van der Waals surface area contributed by atoms with Gasteiger partial charge in [-0.15, -0.1) is 0 Å². The minimum Gasteiger partial charge on any atom is -0.308 e. The lowest BCUT2D eigenvalue weighted by Gasteiger charge is -2.45. The van der Waals surface area contributed by atoms with Crippen molar-refractivity contribution in [2.75, 3.05) is 4.90 Å². The number of anilines is 3. The van der Waals surface area contributed by atoms with Crippen LogP contribution in [0.5, 0.6) is 0 Å². The fraction of sp³-hybridized carbons (Fsp3) is 0.0909. The number of nitrogens with zero attached hydrogens (tertiary/aromatic N) is 1. The molecule has 0 bridgehead atoms. The van der Waals surface area contributed by atoms with Gasteiger partial charge in [0.05, 0.1) is 17.1 Å². The van der Waals surface area contributed by atoms with Crippen molar-refractivity contribution in [3.8, 4) is 0 Å². The molecule has 0 fully saturated rings. The van der Waals surface area contributed by atoms with Gasteiger partial charge in [-0.1, -0.05) is 111 Å². The fourth-order valence-corrected chi connectivity index (χ4v) is 10.9. The molecule has 0 saturated carbocycles. The van der Waals surface area contributed by atoms with E-state index in [1.807, 2.05) is 0 Å². The summed E-state index contributed by atoms with van der Waals surface area (Å²) >= 11 is 0. The first kappa shape index (κ1) is 22.0. The van der Waals surface area contributed by atoms with E-state index in [9.17, 15) is 0 Å². The van der Waals surface area contributed by atoms with Crippen LogP contribution in [-0.4, -0.2) is 0 Å². The van der Waals surface area contributed by atoms with Gasteiger partial charge in [-0.2, -0.15) is 0 Å². The van der Waals surface area contributed by atoms with E-state index >= 15 is 0 Å². The summed E-state index contributed by atoms with van der Waals surface area (Å²) in [6.07, 6.45) is 0. The standard InChI is InChI=1S/C33H27NP2/c1-23(2)24-21-31-33-32(22-24)36(26-15-7-4-8-16-26)30-20-12-10-18-28(30)34(33)27-17-9-11-19-29(27)35(31)25-13-5-3-6-14-25/h3-23H,1-2H3. The highest BCUT2D eigenvalue weighted by molar-refractivity contribution is 7.82. The SMILES string of the molecule is CC(C)c1cc2c3c(c1)P(c1ccccc1)c1ccccc1N3c1ccccc1P2c1ccccc1. The average Bonchev–Trinajstić information content (AvgIpc) is 2.93. The normalized spacial score (nSPS) is 17.4. The Balaban J connectivity index is 1.62. The topological polar surface area (TPSA) is 3.24 Å². The molecule has 0 aliphatic carbocycles. The Labute approximate surface area is 216 Å². The summed E-state index contributed by atoms with van der Waals surface area (Å²) in [5.41, 5.74) is 5.51. The molecule has 2 aliphatic rings. The van der Waals surface area contributed by atoms with Crippen LogP contribution >= 0.6 is 15.8 Å². The zero-order valence-corrected chi connectivity index (χ0v) is 22.3. The molecule has 5 aromatic rings. The van der Waals surface area contributed by atoms with Gasteiger partial charge in [0.2, 0.25) is 0 Å². The van der Waals surface area contributed by atoms with Crippen molar-refractivity contribution in [2.24, 2.45) is 0 Å². The number of para-hydroxylation sites is 2. The van der Waals surface area contributed by atoms with Gasteiger partial charge in [-0.25, -0.2) is 0 Å². The Morgan fingerprint density at radius 1 is 0.500 bits per heavy atom. The van der Waals surface area contributed by atoms with Gasteiger partial charge in [0.1, 0.15) is 0 Å². The molecule has 36 heavy (non-hydrogen) atoms. The molecule has 2 atom stereocenters. The van der Waals surface area contributed by atoms with Crippen LogP contribution in [0.4, 0.5) is 17.1 Å². The molecule has 0 amide bonds. The van der Waals surface area contributed by atoms with E-state index in [2.05, 4.69) is 140 Å². The van der Waals surface area contributed by atoms with Crippen molar-refractivity contribution in [1.29, 1.82) is 0 Å². The molecule has 1 nitrogen and oxygen atoms in total. The minimum atomic E-state index is -0.663. The predicted molar refractivity (Wildman–Crippen MR) is 160 cm³/mol. The first-order valence-corrected chi connectivity index (χ1v) is 15.3. The number of fused-ring (bicyclic) bond motifs is 4. The summed E-state index contributed by atoms with van der Waals surface area (Å²) in [7, 11) is -1.33. The smallest absolute Gasteiger partial charge is 0.0629 e. The number of hydrogen-bond acceptors (Lipinski definition) is 1. The van der Waals surface area contributed by atoms with Crippen LogP contribution < -0.4 is 36.7 Å². The molecule has 5 aromatic carbocycles. The second-order valence-corrected chi connectivity index (χ2v) is 14.0. The highest BCUT2D eigenvalue weighted by Gasteiger charge is 2.40. The first-order valence-electron chi connectivity index (χ1n) is 12.6. The molecule has 2 aliphatic heterocycles. The largest absolute Gasteiger partial charge is 0.308 e. The summed E-state index contributed by atoms with van der Waals surface area (Å²) < 4.78 is 0. The van der Waals surface area contributed by atoms with E-state index in [1.165, 1.54) is 54.5 Å². The van der Waals surface area contributed by atoms with Crippen LogP contribution in [0.2, 0.25) is 0 Å². The van der Waals surface area contributed by atoms with Crippen LogP contribution in [0.3, 0.4) is 0 Å². The maximum atomic E-state index is 2.57. The Kier molecular flexibility index (Phi) is 5.32. The fourth-order valence-electron chi connectivity index (χ4n) is 5.55. The van der Waals surface area contributed by atoms with Gasteiger partial charge in [0.15, 0.2) is 0 Å². The zero-order valence-electron chi connectivity index (χ0n) is 20.5. The maximum absolute atomic E-state index is 2.57. The van der Waals surface area contributed by atoms with Crippen molar-refractivity contribution in [1.82, 2.24) is 0 Å². The second-order valence-electron chi connectivity index (χ2n) is 9.72. The van der Waals surface area contributed by atoms with Crippen molar-refractivity contribution in [3.63, 3.8) is 0 Å². The van der Waals surface area contributed by atoms with Crippen LogP contribution in [-0.2, 0) is 0 Å². The molecule has 7 rings (SSSR count). The number of rotatable bonds is 3. The van der Waals surface area contributed by atoms with Crippen molar-refractivity contribution in [2.45, 2.75) is 19.8 Å². The second kappa shape index (κ2) is 8.70. The molecule has 2 heterocycles. The van der Waals surface area contributed by atoms with Gasteiger partial charge in [0, 0.05) is 21.2 Å². The Bertz CT molecular complexity index is 1460. The highest BCUT2D eigenvalue weighted by Crippen LogP contribution is 2.55. The molecule has 2 unspecified atom stereocenters. The van der Waals surface area contributed by atoms with Crippen molar-refractivity contribution in [3.05, 3.63) is 127 Å². The number of hydrogen-bond donors (Lipinski definition) is 0. The molecule has 0 spiro atoms. The van der Waals surface area contributed by atoms with E-state index in [4.69, 9.17) is 0 Å². The predicted octanol–water partition coefficient (Wildman–Crippen LogP) is 6.42. The minimum absolute atomic E-state index is 0.467. The van der Waals surface area contributed by atoms with E-state index in [0.29, 0.717) is 5.92 Å².